The molecule has 0 spiro atoms. The van der Waals surface area contributed by atoms with Gasteiger partial charge >= 0.3 is 0 Å². The van der Waals surface area contributed by atoms with Gasteiger partial charge in [-0.2, -0.15) is 0 Å². The number of allylic oxidation sites excluding steroid dienone is 3. The molecule has 162 valence electrons. The van der Waals surface area contributed by atoms with Crippen LogP contribution in [0.5, 0.6) is 0 Å². The van der Waals surface area contributed by atoms with E-state index in [0.29, 0.717) is 0 Å². The molecule has 0 saturated heterocycles. The molecular weight excluding hydrogens is 421 g/mol. The second kappa shape index (κ2) is 9.48. The SMILES string of the molecule is O=P(c1ccccc1)(c1ccccc1)c1cccc(N(C2=CCCC=C2)c2ccccc2)c1. The summed E-state index contributed by atoms with van der Waals surface area (Å²) in [5.41, 5.74) is 3.23. The highest BCUT2D eigenvalue weighted by Gasteiger charge is 2.30. The van der Waals surface area contributed by atoms with Crippen LogP contribution in [0.15, 0.2) is 139 Å². The van der Waals surface area contributed by atoms with Crippen molar-refractivity contribution in [2.45, 2.75) is 12.8 Å². The van der Waals surface area contributed by atoms with Gasteiger partial charge in [-0.15, -0.1) is 0 Å². The average Bonchev–Trinajstić information content (AvgIpc) is 2.91. The van der Waals surface area contributed by atoms with Gasteiger partial charge in [0.1, 0.15) is 0 Å². The molecular formula is C30H26NOP. The lowest BCUT2D eigenvalue weighted by atomic mass is 10.1. The van der Waals surface area contributed by atoms with Gasteiger partial charge in [-0.3, -0.25) is 0 Å². The van der Waals surface area contributed by atoms with Crippen molar-refractivity contribution in [3.8, 4) is 0 Å². The van der Waals surface area contributed by atoms with E-state index >= 15 is 0 Å². The molecule has 1 aliphatic carbocycles. The molecule has 0 saturated carbocycles. The summed E-state index contributed by atoms with van der Waals surface area (Å²) < 4.78 is 14.9. The molecule has 0 aliphatic heterocycles. The van der Waals surface area contributed by atoms with Gasteiger partial charge in [-0.25, -0.2) is 0 Å². The zero-order valence-corrected chi connectivity index (χ0v) is 19.3. The van der Waals surface area contributed by atoms with Crippen LogP contribution in [0.4, 0.5) is 11.4 Å². The number of anilines is 2. The first-order valence-electron chi connectivity index (χ1n) is 11.3. The number of hydrogen-bond acceptors (Lipinski definition) is 2. The first-order valence-corrected chi connectivity index (χ1v) is 13.0. The molecule has 0 fully saturated rings. The van der Waals surface area contributed by atoms with Crippen molar-refractivity contribution in [3.05, 3.63) is 139 Å². The molecule has 4 aromatic carbocycles. The first-order chi connectivity index (χ1) is 16.3. The quantitative estimate of drug-likeness (QED) is 0.307. The predicted molar refractivity (Wildman–Crippen MR) is 141 cm³/mol. The minimum Gasteiger partial charge on any atom is -0.311 e. The highest BCUT2D eigenvalue weighted by Crippen LogP contribution is 2.43. The van der Waals surface area contributed by atoms with Crippen molar-refractivity contribution in [1.29, 1.82) is 0 Å². The summed E-state index contributed by atoms with van der Waals surface area (Å²) in [6.07, 6.45) is 8.74. The minimum absolute atomic E-state index is 0.832. The predicted octanol–water partition coefficient (Wildman–Crippen LogP) is 6.70. The summed E-state index contributed by atoms with van der Waals surface area (Å²) in [7, 11) is -3.04. The molecule has 0 radical (unpaired) electrons. The summed E-state index contributed by atoms with van der Waals surface area (Å²) in [5.74, 6) is 0. The van der Waals surface area contributed by atoms with Crippen molar-refractivity contribution in [1.82, 2.24) is 0 Å². The molecule has 0 atom stereocenters. The molecule has 0 bridgehead atoms. The van der Waals surface area contributed by atoms with Crippen LogP contribution in [-0.2, 0) is 4.57 Å². The minimum atomic E-state index is -3.04. The Balaban J connectivity index is 1.69. The van der Waals surface area contributed by atoms with Crippen molar-refractivity contribution >= 4 is 34.4 Å². The molecule has 0 aromatic heterocycles. The monoisotopic (exact) mass is 447 g/mol. The van der Waals surface area contributed by atoms with Crippen molar-refractivity contribution in [2.75, 3.05) is 4.90 Å². The molecule has 0 unspecified atom stereocenters. The third-order valence-corrected chi connectivity index (χ3v) is 9.00. The van der Waals surface area contributed by atoms with Gasteiger partial charge in [-0.1, -0.05) is 103 Å². The van der Waals surface area contributed by atoms with Gasteiger partial charge in [-0.05, 0) is 43.2 Å². The fourth-order valence-corrected chi connectivity index (χ4v) is 7.03. The van der Waals surface area contributed by atoms with E-state index in [-0.39, 0.29) is 0 Å². The van der Waals surface area contributed by atoms with Crippen LogP contribution >= 0.6 is 7.14 Å². The highest BCUT2D eigenvalue weighted by molar-refractivity contribution is 7.85. The third kappa shape index (κ3) is 4.23. The second-order valence-electron chi connectivity index (χ2n) is 8.08. The van der Waals surface area contributed by atoms with E-state index in [9.17, 15) is 4.57 Å². The molecule has 3 heteroatoms. The van der Waals surface area contributed by atoms with Gasteiger partial charge < -0.3 is 9.46 Å². The van der Waals surface area contributed by atoms with E-state index in [1.165, 1.54) is 0 Å². The Bertz CT molecular complexity index is 1280. The normalized spacial score (nSPS) is 13.4. The topological polar surface area (TPSA) is 20.3 Å². The second-order valence-corrected chi connectivity index (χ2v) is 10.8. The van der Waals surface area contributed by atoms with Gasteiger partial charge in [0.15, 0.2) is 7.14 Å². The van der Waals surface area contributed by atoms with Crippen molar-refractivity contribution < 1.29 is 4.57 Å². The van der Waals surface area contributed by atoms with Gasteiger partial charge in [0.2, 0.25) is 0 Å². The zero-order valence-electron chi connectivity index (χ0n) is 18.4. The van der Waals surface area contributed by atoms with Crippen LogP contribution in [0.2, 0.25) is 0 Å². The van der Waals surface area contributed by atoms with Crippen LogP contribution in [-0.4, -0.2) is 0 Å². The van der Waals surface area contributed by atoms with E-state index in [1.54, 1.807) is 0 Å². The highest BCUT2D eigenvalue weighted by atomic mass is 31.2. The summed E-state index contributed by atoms with van der Waals surface area (Å²) in [4.78, 5) is 2.25. The van der Waals surface area contributed by atoms with E-state index in [2.05, 4.69) is 59.5 Å². The Morgan fingerprint density at radius 3 is 1.70 bits per heavy atom. The zero-order chi connectivity index (χ0) is 22.5. The summed E-state index contributed by atoms with van der Waals surface area (Å²) in [6, 6.07) is 38.3. The Hall–Kier alpha value is -3.61. The Morgan fingerprint density at radius 2 is 1.12 bits per heavy atom. The Morgan fingerprint density at radius 1 is 0.576 bits per heavy atom. The smallest absolute Gasteiger partial charge is 0.171 e. The fraction of sp³-hybridized carbons (Fsp3) is 0.0667. The number of nitrogens with zero attached hydrogens (tertiary/aromatic N) is 1. The molecule has 33 heavy (non-hydrogen) atoms. The molecule has 0 heterocycles. The molecule has 0 amide bonds. The van der Waals surface area contributed by atoms with Crippen molar-refractivity contribution in [2.24, 2.45) is 0 Å². The molecule has 1 aliphatic rings. The number of benzene rings is 4. The van der Waals surface area contributed by atoms with Gasteiger partial charge in [0.05, 0.1) is 0 Å². The van der Waals surface area contributed by atoms with Crippen LogP contribution in [0.25, 0.3) is 0 Å². The Kier molecular flexibility index (Phi) is 6.11. The molecule has 4 aromatic rings. The van der Waals surface area contributed by atoms with Crippen LogP contribution in [0, 0.1) is 0 Å². The lowest BCUT2D eigenvalue weighted by Gasteiger charge is -2.29. The van der Waals surface area contributed by atoms with E-state index < -0.39 is 7.14 Å². The maximum absolute atomic E-state index is 14.9. The molecule has 2 nitrogen and oxygen atoms in total. The lowest BCUT2D eigenvalue weighted by molar-refractivity contribution is 0.592. The van der Waals surface area contributed by atoms with Gasteiger partial charge in [0, 0.05) is 33.0 Å². The van der Waals surface area contributed by atoms with Crippen LogP contribution < -0.4 is 20.8 Å². The van der Waals surface area contributed by atoms with E-state index in [4.69, 9.17) is 0 Å². The third-order valence-electron chi connectivity index (χ3n) is 5.94. The van der Waals surface area contributed by atoms with Crippen LogP contribution in [0.3, 0.4) is 0 Å². The van der Waals surface area contributed by atoms with E-state index in [1.807, 2.05) is 78.9 Å². The van der Waals surface area contributed by atoms with Gasteiger partial charge in [0.25, 0.3) is 0 Å². The fourth-order valence-electron chi connectivity index (χ4n) is 4.34. The van der Waals surface area contributed by atoms with E-state index in [0.717, 1.165) is 45.8 Å². The maximum atomic E-state index is 14.9. The van der Waals surface area contributed by atoms with Crippen molar-refractivity contribution in [3.63, 3.8) is 0 Å². The average molecular weight is 448 g/mol. The largest absolute Gasteiger partial charge is 0.311 e. The summed E-state index contributed by atoms with van der Waals surface area (Å²) >= 11 is 0. The number of hydrogen-bond donors (Lipinski definition) is 0. The molecule has 5 rings (SSSR count). The molecule has 0 N–H and O–H groups in total. The first kappa shape index (κ1) is 21.2. The summed E-state index contributed by atoms with van der Waals surface area (Å²) in [5, 5.41) is 2.52. The maximum Gasteiger partial charge on any atom is 0.171 e. The number of para-hydroxylation sites is 1. The lowest BCUT2D eigenvalue weighted by Crippen LogP contribution is -2.26. The Labute approximate surface area is 195 Å². The standard InChI is InChI=1S/C30H26NOP/c32-33(28-19-9-3-10-20-28,29-21-11-4-12-22-29)30-23-13-18-27(24-30)31(25-14-5-1-6-15-25)26-16-7-2-8-17-26/h1,3-7,9-24H,2,8H2. The number of rotatable bonds is 6. The van der Waals surface area contributed by atoms with Crippen LogP contribution in [0.1, 0.15) is 12.8 Å². The summed E-state index contributed by atoms with van der Waals surface area (Å²) in [6.45, 7) is 0.